The molecule has 1 saturated carbocycles. The quantitative estimate of drug-likeness (QED) is 0.912. The van der Waals surface area contributed by atoms with Crippen molar-refractivity contribution in [2.75, 3.05) is 18.8 Å². The summed E-state index contributed by atoms with van der Waals surface area (Å²) in [5.41, 5.74) is 7.04. The summed E-state index contributed by atoms with van der Waals surface area (Å²) >= 11 is 1.53. The predicted molar refractivity (Wildman–Crippen MR) is 84.9 cm³/mol. The van der Waals surface area contributed by atoms with Gasteiger partial charge >= 0.3 is 6.09 Å². The van der Waals surface area contributed by atoms with Crippen LogP contribution in [0.15, 0.2) is 36.5 Å². The summed E-state index contributed by atoms with van der Waals surface area (Å²) in [6.07, 6.45) is 1.95. The third-order valence-electron chi connectivity index (χ3n) is 5.05. The van der Waals surface area contributed by atoms with Crippen molar-refractivity contribution < 1.29 is 9.90 Å². The van der Waals surface area contributed by atoms with E-state index in [4.69, 9.17) is 5.73 Å². The van der Waals surface area contributed by atoms with Crippen molar-refractivity contribution in [2.45, 2.75) is 12.3 Å². The van der Waals surface area contributed by atoms with E-state index in [1.807, 2.05) is 24.4 Å². The van der Waals surface area contributed by atoms with Gasteiger partial charge in [0, 0.05) is 35.5 Å². The number of nitrogen functional groups attached to an aromatic ring is 1. The van der Waals surface area contributed by atoms with E-state index in [0.717, 1.165) is 6.42 Å². The molecule has 22 heavy (non-hydrogen) atoms. The molecule has 0 radical (unpaired) electrons. The molecule has 3 N–H and O–H groups in total. The minimum absolute atomic E-state index is 0.0126. The fourth-order valence-corrected chi connectivity index (χ4v) is 5.06. The maximum atomic E-state index is 11.3. The first kappa shape index (κ1) is 13.6. The van der Waals surface area contributed by atoms with E-state index in [1.165, 1.54) is 21.8 Å². The van der Waals surface area contributed by atoms with Gasteiger partial charge in [-0.3, -0.25) is 0 Å². The normalized spacial score (nSPS) is 29.4. The molecule has 1 aliphatic carbocycles. The largest absolute Gasteiger partial charge is 0.465 e. The van der Waals surface area contributed by atoms with Crippen molar-refractivity contribution in [1.82, 2.24) is 9.88 Å². The van der Waals surface area contributed by atoms with Crippen LogP contribution in [0.1, 0.15) is 16.4 Å². The molecule has 4 rings (SSSR count). The number of piperidine rings is 1. The molecule has 0 bridgehead atoms. The lowest BCUT2D eigenvalue weighted by atomic mass is 9.93. The molecule has 114 valence electrons. The highest BCUT2D eigenvalue weighted by Gasteiger charge is 2.70. The average Bonchev–Trinajstić information content (AvgIpc) is 2.82. The molecule has 0 spiro atoms. The smallest absolute Gasteiger partial charge is 0.407 e. The molecule has 2 heterocycles. The van der Waals surface area contributed by atoms with Gasteiger partial charge in [0.25, 0.3) is 0 Å². The summed E-state index contributed by atoms with van der Waals surface area (Å²) in [5, 5.41) is 9.88. The predicted octanol–water partition coefficient (Wildman–Crippen LogP) is 2.66. The van der Waals surface area contributed by atoms with E-state index in [9.17, 15) is 9.90 Å². The van der Waals surface area contributed by atoms with Crippen LogP contribution in [0.4, 0.5) is 9.93 Å². The lowest BCUT2D eigenvalue weighted by Crippen LogP contribution is -2.32. The summed E-state index contributed by atoms with van der Waals surface area (Å²) in [7, 11) is 0. The van der Waals surface area contributed by atoms with Crippen LogP contribution in [-0.4, -0.2) is 34.2 Å². The maximum Gasteiger partial charge on any atom is 0.407 e. The van der Waals surface area contributed by atoms with Crippen molar-refractivity contribution in [3.63, 3.8) is 0 Å². The molecule has 1 unspecified atom stereocenters. The van der Waals surface area contributed by atoms with E-state index in [-0.39, 0.29) is 5.41 Å². The number of fused-ring (bicyclic) bond motifs is 1. The zero-order chi connectivity index (χ0) is 15.3. The first-order valence-electron chi connectivity index (χ1n) is 7.33. The summed E-state index contributed by atoms with van der Waals surface area (Å²) in [6.45, 7) is 1.22. The fourth-order valence-electron chi connectivity index (χ4n) is 4.08. The Bertz CT molecular complexity index is 717. The molecule has 1 amide bonds. The third kappa shape index (κ3) is 1.98. The van der Waals surface area contributed by atoms with Gasteiger partial charge in [0.15, 0.2) is 5.13 Å². The van der Waals surface area contributed by atoms with E-state index < -0.39 is 6.09 Å². The van der Waals surface area contributed by atoms with Gasteiger partial charge in [-0.25, -0.2) is 9.78 Å². The van der Waals surface area contributed by atoms with Gasteiger partial charge in [-0.05, 0) is 17.9 Å². The number of hydrogen-bond acceptors (Lipinski definition) is 4. The highest BCUT2D eigenvalue weighted by molar-refractivity contribution is 7.15. The van der Waals surface area contributed by atoms with E-state index in [1.54, 1.807) is 4.90 Å². The van der Waals surface area contributed by atoms with Crippen molar-refractivity contribution >= 4 is 22.6 Å². The Morgan fingerprint density at radius 1 is 1.45 bits per heavy atom. The number of likely N-dealkylation sites (tertiary alicyclic amines) is 1. The Hall–Kier alpha value is -2.08. The number of hydrogen-bond donors (Lipinski definition) is 2. The number of nitrogens with two attached hydrogens (primary N) is 1. The number of amides is 1. The molecule has 2 aromatic rings. The van der Waals surface area contributed by atoms with Gasteiger partial charge in [-0.2, -0.15) is 0 Å². The van der Waals surface area contributed by atoms with Crippen molar-refractivity contribution in [1.29, 1.82) is 0 Å². The Balaban J connectivity index is 1.64. The Kier molecular flexibility index (Phi) is 2.91. The molecule has 5 nitrogen and oxygen atoms in total. The first-order chi connectivity index (χ1) is 10.6. The molecular weight excluding hydrogens is 298 g/mol. The number of anilines is 1. The second-order valence-electron chi connectivity index (χ2n) is 6.24. The van der Waals surface area contributed by atoms with Gasteiger partial charge in [-0.15, -0.1) is 11.3 Å². The fraction of sp³-hybridized carbons (Fsp3) is 0.375. The summed E-state index contributed by atoms with van der Waals surface area (Å²) in [6, 6.07) is 10.3. The van der Waals surface area contributed by atoms with Crippen molar-refractivity contribution in [3.05, 3.63) is 47.0 Å². The van der Waals surface area contributed by atoms with Gasteiger partial charge in [0.2, 0.25) is 0 Å². The Morgan fingerprint density at radius 3 is 2.86 bits per heavy atom. The summed E-state index contributed by atoms with van der Waals surface area (Å²) in [5.74, 6) is 0.766. The molecule has 6 heteroatoms. The van der Waals surface area contributed by atoms with Crippen LogP contribution >= 0.6 is 11.3 Å². The minimum atomic E-state index is -0.817. The van der Waals surface area contributed by atoms with Crippen molar-refractivity contribution in [3.8, 4) is 0 Å². The number of carboxylic acid groups (broad SMARTS) is 1. The second-order valence-corrected chi connectivity index (χ2v) is 7.34. The zero-order valence-electron chi connectivity index (χ0n) is 12.0. The number of aromatic nitrogens is 1. The van der Waals surface area contributed by atoms with Crippen LogP contribution in [-0.2, 0) is 6.42 Å². The molecule has 1 saturated heterocycles. The number of rotatable bonds is 3. The van der Waals surface area contributed by atoms with Gasteiger partial charge in [-0.1, -0.05) is 30.3 Å². The Morgan fingerprint density at radius 2 is 2.23 bits per heavy atom. The molecular formula is C16H17N3O2S. The number of nitrogens with zero attached hydrogens (tertiary/aromatic N) is 2. The van der Waals surface area contributed by atoms with Crippen LogP contribution in [0, 0.1) is 11.3 Å². The van der Waals surface area contributed by atoms with E-state index in [2.05, 4.69) is 17.1 Å². The second kappa shape index (κ2) is 4.71. The lowest BCUT2D eigenvalue weighted by Gasteiger charge is -2.21. The number of carbonyl (C=O) groups is 1. The van der Waals surface area contributed by atoms with Crippen LogP contribution in [0.25, 0.3) is 0 Å². The molecule has 1 aromatic carbocycles. The molecule has 3 atom stereocenters. The van der Waals surface area contributed by atoms with Crippen LogP contribution < -0.4 is 5.73 Å². The van der Waals surface area contributed by atoms with Gasteiger partial charge < -0.3 is 15.7 Å². The van der Waals surface area contributed by atoms with Crippen LogP contribution in [0.5, 0.6) is 0 Å². The van der Waals surface area contributed by atoms with Crippen molar-refractivity contribution in [2.24, 2.45) is 11.3 Å². The topological polar surface area (TPSA) is 79.5 Å². The van der Waals surface area contributed by atoms with E-state index >= 15 is 0 Å². The number of thiazole rings is 1. The lowest BCUT2D eigenvalue weighted by molar-refractivity contribution is 0.146. The SMILES string of the molecule is Nc1ncc(C2[C@H]3CN(C(=O)O)C[C@]23Cc2ccccc2)s1. The van der Waals surface area contributed by atoms with E-state index in [0.29, 0.717) is 30.1 Å². The third-order valence-corrected chi connectivity index (χ3v) is 5.96. The van der Waals surface area contributed by atoms with Crippen LogP contribution in [0.3, 0.4) is 0 Å². The van der Waals surface area contributed by atoms with Gasteiger partial charge in [0.1, 0.15) is 0 Å². The number of benzene rings is 1. The molecule has 2 fully saturated rings. The highest BCUT2D eigenvalue weighted by atomic mass is 32.1. The molecule has 1 aromatic heterocycles. The maximum absolute atomic E-state index is 11.3. The average molecular weight is 315 g/mol. The summed E-state index contributed by atoms with van der Waals surface area (Å²) < 4.78 is 0. The standard InChI is InChI=1S/C16H17N3O2S/c17-14-18-7-12(22-14)13-11-8-19(15(20)21)9-16(11,13)6-10-4-2-1-3-5-10/h1-5,7,11,13H,6,8-9H2,(H2,17,18)(H,20,21)/t11-,13?,16+/m1/s1. The summed E-state index contributed by atoms with van der Waals surface area (Å²) in [4.78, 5) is 18.2. The molecule has 1 aliphatic heterocycles. The highest BCUT2D eigenvalue weighted by Crippen LogP contribution is 2.70. The molecule has 2 aliphatic rings. The zero-order valence-corrected chi connectivity index (χ0v) is 12.8. The Labute approximate surface area is 132 Å². The van der Waals surface area contributed by atoms with Crippen LogP contribution in [0.2, 0.25) is 0 Å². The first-order valence-corrected chi connectivity index (χ1v) is 8.15. The minimum Gasteiger partial charge on any atom is -0.465 e. The van der Waals surface area contributed by atoms with Gasteiger partial charge in [0.05, 0.1) is 0 Å². The monoisotopic (exact) mass is 315 g/mol.